The Kier molecular flexibility index (Phi) is 13.8. The summed E-state index contributed by atoms with van der Waals surface area (Å²) in [5.74, 6) is 2.45. The average Bonchev–Trinajstić information content (AvgIpc) is 3.16. The first kappa shape index (κ1) is 25.8. The van der Waals surface area contributed by atoms with Gasteiger partial charge in [-0.25, -0.2) is 0 Å². The number of hydrogen-bond donors (Lipinski definition) is 0. The van der Waals surface area contributed by atoms with E-state index in [1.807, 2.05) is 6.79 Å². The molecule has 1 amide bonds. The van der Waals surface area contributed by atoms with Gasteiger partial charge in [0.2, 0.25) is 5.91 Å². The van der Waals surface area contributed by atoms with Crippen LogP contribution in [0, 0.1) is 25.2 Å². The second kappa shape index (κ2) is 13.9. The molecule has 2 heterocycles. The van der Waals surface area contributed by atoms with Crippen molar-refractivity contribution in [2.45, 2.75) is 58.3 Å². The van der Waals surface area contributed by atoms with Crippen molar-refractivity contribution < 1.29 is 42.3 Å². The maximum Gasteiger partial charge on any atom is 0.225 e. The average molecular weight is 438 g/mol. The fraction of sp³-hybridized carbons (Fsp3) is 0.762. The Hall–Kier alpha value is -0.216. The zero-order valence-electron chi connectivity index (χ0n) is 16.9. The van der Waals surface area contributed by atoms with E-state index in [0.29, 0.717) is 11.8 Å². The van der Waals surface area contributed by atoms with E-state index >= 15 is 0 Å². The van der Waals surface area contributed by atoms with Crippen molar-refractivity contribution in [3.8, 4) is 0 Å². The minimum Gasteiger partial charge on any atom is -0.377 e. The Balaban J connectivity index is 0.00000151. The molecule has 147 valence electrons. The second-order valence-corrected chi connectivity index (χ2v) is 7.72. The number of piperidine rings is 1. The molecule has 1 saturated heterocycles. The molecule has 0 aromatic heterocycles. The molecule has 4 nitrogen and oxygen atoms in total. The van der Waals surface area contributed by atoms with Crippen LogP contribution in [-0.2, 0) is 42.3 Å². The van der Waals surface area contributed by atoms with Gasteiger partial charge in [0.05, 0.1) is 0 Å². The molecule has 0 bridgehead atoms. The third-order valence-electron chi connectivity index (χ3n) is 6.02. The number of hydrogen-bond acceptors (Lipinski definition) is 3. The van der Waals surface area contributed by atoms with Gasteiger partial charge in [0.25, 0.3) is 0 Å². The molecule has 0 spiro atoms. The molecule has 5 heteroatoms. The van der Waals surface area contributed by atoms with Gasteiger partial charge in [0.15, 0.2) is 0 Å². The van der Waals surface area contributed by atoms with E-state index in [9.17, 15) is 4.79 Å². The quantitative estimate of drug-likeness (QED) is 0.625. The van der Waals surface area contributed by atoms with Gasteiger partial charge in [-0.3, -0.25) is 4.79 Å². The number of carbonyl (C=O) groups excluding carboxylic acids is 2. The number of likely N-dealkylation sites (tertiary alicyclic amines) is 1. The van der Waals surface area contributed by atoms with Crippen LogP contribution in [0.1, 0.15) is 58.3 Å². The van der Waals surface area contributed by atoms with Crippen LogP contribution in [0.5, 0.6) is 0 Å². The van der Waals surface area contributed by atoms with E-state index in [1.165, 1.54) is 51.6 Å². The monoisotopic (exact) mass is 438 g/mol. The van der Waals surface area contributed by atoms with Crippen LogP contribution < -0.4 is 0 Å². The van der Waals surface area contributed by atoms with Gasteiger partial charge in [0, 0.05) is 64.8 Å². The van der Waals surface area contributed by atoms with Crippen LogP contribution in [0.3, 0.4) is 0 Å². The fourth-order valence-corrected chi connectivity index (χ4v) is 4.28. The number of rotatable bonds is 4. The standard InChI is InChI=1S/C19H32N2O.CH2O.CH3.Y/c1-16-4-6-18(7-5-16)19(22)21-14-9-17(10-15-21)8-13-20-11-2-3-12-20;1-2;;/h2,11,16-18H,3-10,12-15H2,1H3;1H2;1H3;/q;;-1;. The molecule has 0 aromatic rings. The molecule has 1 saturated carbocycles. The summed E-state index contributed by atoms with van der Waals surface area (Å²) in [6.07, 6.45) is 14.2. The molecule has 1 radical (unpaired) electrons. The Bertz CT molecular complexity index is 414. The summed E-state index contributed by atoms with van der Waals surface area (Å²) in [5.41, 5.74) is 0. The van der Waals surface area contributed by atoms with E-state index in [0.717, 1.165) is 37.8 Å². The van der Waals surface area contributed by atoms with E-state index < -0.39 is 0 Å². The van der Waals surface area contributed by atoms with E-state index in [1.54, 1.807) is 0 Å². The van der Waals surface area contributed by atoms with Gasteiger partial charge in [0.1, 0.15) is 6.79 Å². The molecule has 26 heavy (non-hydrogen) atoms. The van der Waals surface area contributed by atoms with Gasteiger partial charge in [-0.1, -0.05) is 13.0 Å². The summed E-state index contributed by atoms with van der Waals surface area (Å²) in [5, 5.41) is 0. The van der Waals surface area contributed by atoms with Crippen molar-refractivity contribution in [2.24, 2.45) is 17.8 Å². The van der Waals surface area contributed by atoms with E-state index in [2.05, 4.69) is 29.0 Å². The van der Waals surface area contributed by atoms with E-state index in [-0.39, 0.29) is 40.1 Å². The Morgan fingerprint density at radius 3 is 2.19 bits per heavy atom. The fourth-order valence-electron chi connectivity index (χ4n) is 4.28. The van der Waals surface area contributed by atoms with Crippen LogP contribution in [0.15, 0.2) is 12.3 Å². The Morgan fingerprint density at radius 1 is 1.04 bits per heavy atom. The summed E-state index contributed by atoms with van der Waals surface area (Å²) in [6.45, 7) is 8.74. The van der Waals surface area contributed by atoms with Crippen LogP contribution in [0.25, 0.3) is 0 Å². The molecular formula is C21H37N2O2Y-. The topological polar surface area (TPSA) is 40.6 Å². The predicted molar refractivity (Wildman–Crippen MR) is 104 cm³/mol. The van der Waals surface area contributed by atoms with Gasteiger partial charge in [-0.2, -0.15) is 0 Å². The summed E-state index contributed by atoms with van der Waals surface area (Å²) < 4.78 is 0. The minimum atomic E-state index is 0. The predicted octanol–water partition coefficient (Wildman–Crippen LogP) is 3.92. The maximum absolute atomic E-state index is 12.6. The first-order valence-electron chi connectivity index (χ1n) is 9.70. The SMILES string of the molecule is C=O.CC1CCC(C(=O)N2CCC(CCN3C=CCC3)CC2)CC1.[CH3-].[Y]. The molecule has 1 aliphatic carbocycles. The molecule has 3 aliphatic rings. The van der Waals surface area contributed by atoms with Crippen molar-refractivity contribution in [3.05, 3.63) is 19.7 Å². The van der Waals surface area contributed by atoms with Crippen molar-refractivity contribution in [3.63, 3.8) is 0 Å². The summed E-state index contributed by atoms with van der Waals surface area (Å²) >= 11 is 0. The molecule has 0 unspecified atom stereocenters. The Labute approximate surface area is 186 Å². The molecule has 0 aromatic carbocycles. The Morgan fingerprint density at radius 2 is 1.65 bits per heavy atom. The van der Waals surface area contributed by atoms with Crippen molar-refractivity contribution in [1.29, 1.82) is 0 Å². The number of carbonyl (C=O) groups is 2. The first-order chi connectivity index (χ1) is 11.7. The molecular weight excluding hydrogens is 401 g/mol. The first-order valence-corrected chi connectivity index (χ1v) is 9.70. The zero-order valence-corrected chi connectivity index (χ0v) is 19.7. The summed E-state index contributed by atoms with van der Waals surface area (Å²) in [7, 11) is 0. The third-order valence-corrected chi connectivity index (χ3v) is 6.02. The van der Waals surface area contributed by atoms with Crippen molar-refractivity contribution >= 4 is 12.7 Å². The summed E-state index contributed by atoms with van der Waals surface area (Å²) in [6, 6.07) is 0. The molecule has 3 rings (SSSR count). The minimum absolute atomic E-state index is 0. The van der Waals surface area contributed by atoms with Crippen molar-refractivity contribution in [2.75, 3.05) is 26.2 Å². The zero-order chi connectivity index (χ0) is 17.4. The maximum atomic E-state index is 12.6. The molecule has 2 aliphatic heterocycles. The van der Waals surface area contributed by atoms with Gasteiger partial charge in [-0.15, -0.1) is 0 Å². The largest absolute Gasteiger partial charge is 0.377 e. The molecule has 0 N–H and O–H groups in total. The van der Waals surface area contributed by atoms with Gasteiger partial charge in [-0.05, 0) is 69.4 Å². The van der Waals surface area contributed by atoms with Crippen LogP contribution in [0.2, 0.25) is 0 Å². The van der Waals surface area contributed by atoms with Crippen LogP contribution >= 0.6 is 0 Å². The van der Waals surface area contributed by atoms with Gasteiger partial charge >= 0.3 is 0 Å². The van der Waals surface area contributed by atoms with E-state index in [4.69, 9.17) is 4.79 Å². The van der Waals surface area contributed by atoms with Crippen LogP contribution in [-0.4, -0.2) is 48.7 Å². The number of nitrogens with zero attached hydrogens (tertiary/aromatic N) is 2. The van der Waals surface area contributed by atoms with Crippen LogP contribution in [0.4, 0.5) is 0 Å². The third kappa shape index (κ3) is 7.80. The summed E-state index contributed by atoms with van der Waals surface area (Å²) in [4.78, 5) is 25.3. The second-order valence-electron chi connectivity index (χ2n) is 7.72. The number of amides is 1. The van der Waals surface area contributed by atoms with Gasteiger partial charge < -0.3 is 22.0 Å². The molecule has 2 fully saturated rings. The normalized spacial score (nSPS) is 25.6. The smallest absolute Gasteiger partial charge is 0.225 e. The van der Waals surface area contributed by atoms with Crippen molar-refractivity contribution in [1.82, 2.24) is 9.80 Å². The molecule has 0 atom stereocenters.